The van der Waals surface area contributed by atoms with Gasteiger partial charge in [0.2, 0.25) is 0 Å². The van der Waals surface area contributed by atoms with E-state index in [1.807, 2.05) is 19.1 Å². The van der Waals surface area contributed by atoms with Crippen molar-refractivity contribution in [3.05, 3.63) is 34.4 Å². The maximum absolute atomic E-state index is 11.9. The fourth-order valence-corrected chi connectivity index (χ4v) is 2.17. The number of carbonyl (C=O) groups excluding carboxylic acids is 2. The SMILES string of the molecule is CC1=CC(N2CC(=O)/C(=C/S)C2=O)=CCC1. The zero-order valence-corrected chi connectivity index (χ0v) is 9.96. The molecule has 2 rings (SSSR count). The van der Waals surface area contributed by atoms with Gasteiger partial charge in [0, 0.05) is 5.70 Å². The number of allylic oxidation sites excluding steroid dienone is 3. The lowest BCUT2D eigenvalue weighted by atomic mass is 10.0. The standard InChI is InChI=1S/C12H13NO2S/c1-8-3-2-4-9(5-8)13-6-11(14)10(7-16)12(13)15/h4-5,7,16H,2-3,6H2,1H3/b10-7-. The average Bonchev–Trinajstić information content (AvgIpc) is 2.54. The van der Waals surface area contributed by atoms with Gasteiger partial charge in [-0.15, -0.1) is 0 Å². The molecule has 0 aromatic heterocycles. The summed E-state index contributed by atoms with van der Waals surface area (Å²) in [4.78, 5) is 24.9. The minimum absolute atomic E-state index is 0.140. The summed E-state index contributed by atoms with van der Waals surface area (Å²) in [6.45, 7) is 2.17. The number of hydrogen-bond donors (Lipinski definition) is 1. The number of likely N-dealkylation sites (tertiary alicyclic amines) is 1. The topological polar surface area (TPSA) is 37.4 Å². The number of carbonyl (C=O) groups is 2. The van der Waals surface area contributed by atoms with Gasteiger partial charge in [-0.25, -0.2) is 0 Å². The average molecular weight is 235 g/mol. The Morgan fingerprint density at radius 1 is 1.44 bits per heavy atom. The van der Waals surface area contributed by atoms with Gasteiger partial charge < -0.3 is 4.90 Å². The van der Waals surface area contributed by atoms with Crippen LogP contribution in [0, 0.1) is 0 Å². The summed E-state index contributed by atoms with van der Waals surface area (Å²) < 4.78 is 0. The van der Waals surface area contributed by atoms with Gasteiger partial charge in [0.25, 0.3) is 5.91 Å². The second kappa shape index (κ2) is 4.29. The Bertz CT molecular complexity index is 446. The van der Waals surface area contributed by atoms with E-state index in [-0.39, 0.29) is 23.8 Å². The van der Waals surface area contributed by atoms with Crippen molar-refractivity contribution in [1.82, 2.24) is 4.90 Å². The van der Waals surface area contributed by atoms with E-state index in [1.54, 1.807) is 0 Å². The van der Waals surface area contributed by atoms with E-state index in [1.165, 1.54) is 15.9 Å². The number of ketones is 1. The van der Waals surface area contributed by atoms with Gasteiger partial charge in [-0.1, -0.05) is 11.6 Å². The van der Waals surface area contributed by atoms with Gasteiger partial charge in [-0.05, 0) is 31.2 Å². The Balaban J connectivity index is 2.28. The third kappa shape index (κ3) is 1.85. The lowest BCUT2D eigenvalue weighted by Crippen LogP contribution is -2.24. The third-order valence-corrected chi connectivity index (χ3v) is 3.06. The van der Waals surface area contributed by atoms with Crippen LogP contribution in [-0.4, -0.2) is 23.1 Å². The van der Waals surface area contributed by atoms with E-state index in [9.17, 15) is 9.59 Å². The highest BCUT2D eigenvalue weighted by Crippen LogP contribution is 2.25. The molecule has 0 radical (unpaired) electrons. The number of hydrogen-bond acceptors (Lipinski definition) is 3. The molecule has 1 amide bonds. The molecule has 1 aliphatic heterocycles. The Morgan fingerprint density at radius 3 is 2.75 bits per heavy atom. The first-order valence-electron chi connectivity index (χ1n) is 5.20. The Kier molecular flexibility index (Phi) is 3.01. The molecule has 0 aromatic rings. The second-order valence-corrected chi connectivity index (χ2v) is 4.27. The Morgan fingerprint density at radius 2 is 2.19 bits per heavy atom. The van der Waals surface area contributed by atoms with Crippen LogP contribution >= 0.6 is 12.6 Å². The maximum Gasteiger partial charge on any atom is 0.262 e. The van der Waals surface area contributed by atoms with Crippen LogP contribution in [0.1, 0.15) is 19.8 Å². The molecule has 84 valence electrons. The normalized spacial score (nSPS) is 23.9. The first-order chi connectivity index (χ1) is 7.63. The summed E-state index contributed by atoms with van der Waals surface area (Å²) in [5.41, 5.74) is 2.26. The molecule has 1 saturated heterocycles. The molecule has 3 nitrogen and oxygen atoms in total. The fraction of sp³-hybridized carbons (Fsp3) is 0.333. The van der Waals surface area contributed by atoms with Gasteiger partial charge in [0.05, 0.1) is 12.1 Å². The third-order valence-electron chi connectivity index (χ3n) is 2.80. The van der Waals surface area contributed by atoms with E-state index >= 15 is 0 Å². The molecule has 0 atom stereocenters. The molecule has 1 aliphatic carbocycles. The van der Waals surface area contributed by atoms with Crippen LogP contribution in [0.4, 0.5) is 0 Å². The molecule has 0 N–H and O–H groups in total. The van der Waals surface area contributed by atoms with Crippen LogP contribution in [0.15, 0.2) is 34.4 Å². The summed E-state index contributed by atoms with van der Waals surface area (Å²) in [7, 11) is 0. The molecule has 1 fully saturated rings. The van der Waals surface area contributed by atoms with Crippen LogP contribution in [0.25, 0.3) is 0 Å². The fourth-order valence-electron chi connectivity index (χ4n) is 1.92. The van der Waals surface area contributed by atoms with E-state index in [2.05, 4.69) is 12.6 Å². The highest BCUT2D eigenvalue weighted by atomic mass is 32.1. The minimum Gasteiger partial charge on any atom is -0.301 e. The lowest BCUT2D eigenvalue weighted by Gasteiger charge is -2.19. The number of amides is 1. The van der Waals surface area contributed by atoms with E-state index in [0.717, 1.165) is 18.5 Å². The van der Waals surface area contributed by atoms with Crippen molar-refractivity contribution in [2.45, 2.75) is 19.8 Å². The van der Waals surface area contributed by atoms with Crippen molar-refractivity contribution in [2.24, 2.45) is 0 Å². The number of rotatable bonds is 1. The Hall–Kier alpha value is -1.29. The largest absolute Gasteiger partial charge is 0.301 e. The highest BCUT2D eigenvalue weighted by molar-refractivity contribution is 7.83. The van der Waals surface area contributed by atoms with Crippen molar-refractivity contribution in [2.75, 3.05) is 6.54 Å². The van der Waals surface area contributed by atoms with E-state index < -0.39 is 0 Å². The van der Waals surface area contributed by atoms with E-state index in [4.69, 9.17) is 0 Å². The number of thiol groups is 1. The van der Waals surface area contributed by atoms with Gasteiger partial charge in [0.1, 0.15) is 0 Å². The van der Waals surface area contributed by atoms with Crippen molar-refractivity contribution < 1.29 is 9.59 Å². The van der Waals surface area contributed by atoms with Crippen molar-refractivity contribution >= 4 is 24.3 Å². The summed E-state index contributed by atoms with van der Waals surface area (Å²) in [5, 5.41) is 1.30. The van der Waals surface area contributed by atoms with E-state index in [0.29, 0.717) is 0 Å². The van der Waals surface area contributed by atoms with Crippen LogP contribution in [0.5, 0.6) is 0 Å². The molecule has 16 heavy (non-hydrogen) atoms. The molecular formula is C12H13NO2S. The monoisotopic (exact) mass is 235 g/mol. The lowest BCUT2D eigenvalue weighted by molar-refractivity contribution is -0.123. The molecule has 0 unspecified atom stereocenters. The summed E-state index contributed by atoms with van der Waals surface area (Å²) in [6.07, 6.45) is 5.92. The van der Waals surface area contributed by atoms with Crippen LogP contribution in [-0.2, 0) is 9.59 Å². The summed E-state index contributed by atoms with van der Waals surface area (Å²) >= 11 is 3.89. The molecular weight excluding hydrogens is 222 g/mol. The molecule has 0 spiro atoms. The molecule has 0 aromatic carbocycles. The molecule has 0 bridgehead atoms. The Labute approximate surface area is 99.9 Å². The zero-order chi connectivity index (χ0) is 11.7. The van der Waals surface area contributed by atoms with Crippen molar-refractivity contribution in [3.8, 4) is 0 Å². The quantitative estimate of drug-likeness (QED) is 0.428. The van der Waals surface area contributed by atoms with Gasteiger partial charge >= 0.3 is 0 Å². The van der Waals surface area contributed by atoms with Crippen LogP contribution < -0.4 is 0 Å². The molecule has 4 heteroatoms. The van der Waals surface area contributed by atoms with Crippen molar-refractivity contribution in [1.29, 1.82) is 0 Å². The highest BCUT2D eigenvalue weighted by Gasteiger charge is 2.34. The minimum atomic E-state index is -0.239. The van der Waals surface area contributed by atoms with Crippen LogP contribution in [0.2, 0.25) is 0 Å². The molecule has 1 heterocycles. The first-order valence-corrected chi connectivity index (χ1v) is 5.72. The number of Topliss-reactive ketones (excluding diaryl/α,β-unsaturated/α-hetero) is 1. The molecule has 2 aliphatic rings. The number of nitrogens with zero attached hydrogens (tertiary/aromatic N) is 1. The van der Waals surface area contributed by atoms with Gasteiger partial charge in [0.15, 0.2) is 5.78 Å². The van der Waals surface area contributed by atoms with Gasteiger partial charge in [-0.2, -0.15) is 12.6 Å². The van der Waals surface area contributed by atoms with Crippen molar-refractivity contribution in [3.63, 3.8) is 0 Å². The summed E-state index contributed by atoms with van der Waals surface area (Å²) in [6, 6.07) is 0. The molecule has 0 saturated carbocycles. The predicted octanol–water partition coefficient (Wildman–Crippen LogP) is 1.84. The summed E-state index contributed by atoms with van der Waals surface area (Å²) in [5.74, 6) is -0.394. The zero-order valence-electron chi connectivity index (χ0n) is 9.06. The maximum atomic E-state index is 11.9. The van der Waals surface area contributed by atoms with Crippen LogP contribution in [0.3, 0.4) is 0 Å². The smallest absolute Gasteiger partial charge is 0.262 e. The van der Waals surface area contributed by atoms with Gasteiger partial charge in [-0.3, -0.25) is 9.59 Å². The first kappa shape index (κ1) is 11.2. The predicted molar refractivity (Wildman–Crippen MR) is 64.9 cm³/mol. The second-order valence-electron chi connectivity index (χ2n) is 4.02.